The number of fused-ring (bicyclic) bond motifs is 1. The van der Waals surface area contributed by atoms with Gasteiger partial charge in [0.15, 0.2) is 5.78 Å². The number of Topliss-reactive ketones (excluding diaryl/α,β-unsaturated/α-hetero) is 1. The number of aromatic amines is 1. The van der Waals surface area contributed by atoms with E-state index in [0.717, 1.165) is 11.6 Å². The third-order valence-electron chi connectivity index (χ3n) is 6.73. The standard InChI is InChI=1S/C28H29F3N2O6/c1-28(2,15-38-14-24(30)31)20-7-4-16(10-21(20)29)11-22(34)26-19-6-5-18(37-3)12-17(19)8-9-33(26)27(36)23-13-25(35)32-39-23/h4-7,10,12-13,24,26H,8-9,11,14-15H2,1-3H3,(H,32,35)/t26-/m1/s1. The molecule has 0 saturated heterocycles. The second-order valence-electron chi connectivity index (χ2n) is 10.0. The minimum atomic E-state index is -2.62. The molecule has 0 spiro atoms. The van der Waals surface area contributed by atoms with Crippen LogP contribution in [-0.2, 0) is 27.8 Å². The zero-order valence-corrected chi connectivity index (χ0v) is 21.8. The van der Waals surface area contributed by atoms with Gasteiger partial charge in [-0.05, 0) is 46.9 Å². The lowest BCUT2D eigenvalue weighted by molar-refractivity contribution is -0.123. The van der Waals surface area contributed by atoms with Crippen LogP contribution in [0.5, 0.6) is 5.75 Å². The second kappa shape index (κ2) is 11.5. The van der Waals surface area contributed by atoms with E-state index in [0.29, 0.717) is 23.3 Å². The first-order valence-electron chi connectivity index (χ1n) is 12.3. The molecule has 0 saturated carbocycles. The largest absolute Gasteiger partial charge is 0.497 e. The van der Waals surface area contributed by atoms with Crippen molar-refractivity contribution in [2.24, 2.45) is 0 Å². The summed E-state index contributed by atoms with van der Waals surface area (Å²) in [5, 5.41) is 2.08. The molecule has 8 nitrogen and oxygen atoms in total. The normalized spacial score (nSPS) is 15.4. The van der Waals surface area contributed by atoms with E-state index in [4.69, 9.17) is 14.0 Å². The van der Waals surface area contributed by atoms with E-state index in [-0.39, 0.29) is 36.7 Å². The molecule has 1 N–H and O–H groups in total. The molecule has 1 amide bonds. The predicted molar refractivity (Wildman–Crippen MR) is 135 cm³/mol. The lowest BCUT2D eigenvalue weighted by atomic mass is 9.83. The molecule has 1 aromatic heterocycles. The average molecular weight is 547 g/mol. The Kier molecular flexibility index (Phi) is 8.29. The van der Waals surface area contributed by atoms with Gasteiger partial charge >= 0.3 is 0 Å². The molecule has 2 aromatic carbocycles. The summed E-state index contributed by atoms with van der Waals surface area (Å²) in [5.41, 5.74) is 0.620. The Labute approximate surface area is 222 Å². The summed E-state index contributed by atoms with van der Waals surface area (Å²) >= 11 is 0. The Hall–Kier alpha value is -3.86. The van der Waals surface area contributed by atoms with Crippen LogP contribution in [0.2, 0.25) is 0 Å². The summed E-state index contributed by atoms with van der Waals surface area (Å²) < 4.78 is 55.3. The topological polar surface area (TPSA) is 102 Å². The number of hydrogen-bond acceptors (Lipinski definition) is 6. The number of aromatic nitrogens is 1. The van der Waals surface area contributed by atoms with Crippen LogP contribution in [-0.4, -0.2) is 55.0 Å². The third kappa shape index (κ3) is 6.25. The van der Waals surface area contributed by atoms with Crippen molar-refractivity contribution in [1.29, 1.82) is 0 Å². The van der Waals surface area contributed by atoms with Crippen LogP contribution >= 0.6 is 0 Å². The van der Waals surface area contributed by atoms with Crippen LogP contribution in [0.25, 0.3) is 0 Å². The van der Waals surface area contributed by atoms with E-state index in [9.17, 15) is 23.2 Å². The highest BCUT2D eigenvalue weighted by Crippen LogP contribution is 2.35. The quantitative estimate of drug-likeness (QED) is 0.409. The lowest BCUT2D eigenvalue weighted by Gasteiger charge is -2.36. The first-order chi connectivity index (χ1) is 18.5. The molecule has 0 aliphatic carbocycles. The number of hydrogen-bond donors (Lipinski definition) is 1. The number of rotatable bonds is 10. The van der Waals surface area contributed by atoms with Crippen molar-refractivity contribution in [3.05, 3.63) is 86.6 Å². The molecule has 0 fully saturated rings. The Morgan fingerprint density at radius 2 is 1.95 bits per heavy atom. The van der Waals surface area contributed by atoms with Crippen LogP contribution in [0.15, 0.2) is 51.8 Å². The Bertz CT molecular complexity index is 1410. The molecule has 1 atom stereocenters. The molecule has 1 aliphatic rings. The van der Waals surface area contributed by atoms with E-state index >= 15 is 4.39 Å². The maximum Gasteiger partial charge on any atom is 0.293 e. The van der Waals surface area contributed by atoms with Crippen molar-refractivity contribution in [3.8, 4) is 5.75 Å². The smallest absolute Gasteiger partial charge is 0.293 e. The first-order valence-corrected chi connectivity index (χ1v) is 12.3. The number of H-pyrrole nitrogens is 1. The number of nitrogens with one attached hydrogen (secondary N) is 1. The number of carbonyl (C=O) groups excluding carboxylic acids is 2. The van der Waals surface area contributed by atoms with Gasteiger partial charge in [-0.25, -0.2) is 13.2 Å². The van der Waals surface area contributed by atoms with Crippen molar-refractivity contribution in [3.63, 3.8) is 0 Å². The first kappa shape index (κ1) is 28.2. The monoisotopic (exact) mass is 546 g/mol. The fourth-order valence-corrected chi connectivity index (χ4v) is 4.82. The van der Waals surface area contributed by atoms with Crippen molar-refractivity contribution < 1.29 is 36.8 Å². The summed E-state index contributed by atoms with van der Waals surface area (Å²) in [4.78, 5) is 39.8. The van der Waals surface area contributed by atoms with Crippen LogP contribution in [0, 0.1) is 5.82 Å². The van der Waals surface area contributed by atoms with E-state index in [2.05, 4.69) is 5.16 Å². The van der Waals surface area contributed by atoms with Gasteiger partial charge in [0, 0.05) is 18.4 Å². The zero-order chi connectivity index (χ0) is 28.3. The summed E-state index contributed by atoms with van der Waals surface area (Å²) in [7, 11) is 1.53. The predicted octanol–water partition coefficient (Wildman–Crippen LogP) is 4.23. The number of halogens is 3. The average Bonchev–Trinajstić information content (AvgIpc) is 3.32. The number of amides is 1. The van der Waals surface area contributed by atoms with Gasteiger partial charge in [-0.3, -0.25) is 14.4 Å². The molecule has 3 aromatic rings. The van der Waals surface area contributed by atoms with Crippen molar-refractivity contribution in [2.45, 2.75) is 44.6 Å². The summed E-state index contributed by atoms with van der Waals surface area (Å²) in [5.74, 6) is -1.20. The maximum absolute atomic E-state index is 15.1. The molecule has 4 rings (SSSR count). The zero-order valence-electron chi connectivity index (χ0n) is 21.8. The number of nitrogens with zero attached hydrogens (tertiary/aromatic N) is 1. The maximum atomic E-state index is 15.1. The highest BCUT2D eigenvalue weighted by atomic mass is 19.3. The number of methoxy groups -OCH3 is 1. The summed E-state index contributed by atoms with van der Waals surface area (Å²) in [6, 6.07) is 9.58. The van der Waals surface area contributed by atoms with Crippen LogP contribution in [0.3, 0.4) is 0 Å². The number of ether oxygens (including phenoxy) is 2. The molecule has 2 heterocycles. The molecule has 1 aliphatic heterocycles. The van der Waals surface area contributed by atoms with E-state index in [1.165, 1.54) is 24.1 Å². The molecule has 0 radical (unpaired) electrons. The van der Waals surface area contributed by atoms with Crippen molar-refractivity contribution >= 4 is 11.7 Å². The van der Waals surface area contributed by atoms with Gasteiger partial charge in [-0.15, -0.1) is 0 Å². The Morgan fingerprint density at radius 3 is 2.59 bits per heavy atom. The van der Waals surface area contributed by atoms with Crippen LogP contribution in [0.4, 0.5) is 13.2 Å². The van der Waals surface area contributed by atoms with E-state index in [1.807, 2.05) is 0 Å². The summed E-state index contributed by atoms with van der Waals surface area (Å²) in [6.07, 6.45) is -2.36. The van der Waals surface area contributed by atoms with Gasteiger partial charge in [-0.2, -0.15) is 5.16 Å². The fraction of sp³-hybridized carbons (Fsp3) is 0.393. The Balaban J connectivity index is 1.61. The van der Waals surface area contributed by atoms with Gasteiger partial charge in [-0.1, -0.05) is 32.0 Å². The molecule has 39 heavy (non-hydrogen) atoms. The molecule has 11 heteroatoms. The summed E-state index contributed by atoms with van der Waals surface area (Å²) in [6.45, 7) is 2.69. The van der Waals surface area contributed by atoms with Gasteiger partial charge in [0.25, 0.3) is 17.9 Å². The third-order valence-corrected chi connectivity index (χ3v) is 6.73. The SMILES string of the molecule is COc1ccc2c(c1)CCN(C(=O)c1cc(=O)[nH]o1)[C@H]2C(=O)Cc1ccc(C(C)(C)COCC(F)F)c(F)c1. The number of carbonyl (C=O) groups is 2. The van der Waals surface area contributed by atoms with Gasteiger partial charge < -0.3 is 18.9 Å². The fourth-order valence-electron chi connectivity index (χ4n) is 4.82. The number of benzene rings is 2. The van der Waals surface area contributed by atoms with Gasteiger partial charge in [0.2, 0.25) is 5.76 Å². The molecule has 0 unspecified atom stereocenters. The molecular formula is C28H29F3N2O6. The second-order valence-corrected chi connectivity index (χ2v) is 10.0. The van der Waals surface area contributed by atoms with Crippen LogP contribution < -0.4 is 10.3 Å². The van der Waals surface area contributed by atoms with Crippen molar-refractivity contribution in [2.75, 3.05) is 26.9 Å². The molecule has 208 valence electrons. The lowest BCUT2D eigenvalue weighted by Crippen LogP contribution is -2.44. The minimum absolute atomic E-state index is 0.110. The highest BCUT2D eigenvalue weighted by molar-refractivity contribution is 5.97. The van der Waals surface area contributed by atoms with Crippen LogP contribution in [0.1, 0.15) is 52.7 Å². The van der Waals surface area contributed by atoms with E-state index < -0.39 is 41.8 Å². The molecular weight excluding hydrogens is 517 g/mol. The van der Waals surface area contributed by atoms with Gasteiger partial charge in [0.05, 0.1) is 19.8 Å². The number of alkyl halides is 2. The minimum Gasteiger partial charge on any atom is -0.497 e. The van der Waals surface area contributed by atoms with Crippen molar-refractivity contribution in [1.82, 2.24) is 10.1 Å². The molecule has 0 bridgehead atoms. The number of ketones is 1. The van der Waals surface area contributed by atoms with E-state index in [1.54, 1.807) is 38.1 Å². The highest BCUT2D eigenvalue weighted by Gasteiger charge is 2.37. The Morgan fingerprint density at radius 1 is 1.18 bits per heavy atom. The van der Waals surface area contributed by atoms with Gasteiger partial charge in [0.1, 0.15) is 24.2 Å².